The third kappa shape index (κ3) is 2.85. The van der Waals surface area contributed by atoms with E-state index in [1.54, 1.807) is 12.5 Å². The topological polar surface area (TPSA) is 56.4 Å². The van der Waals surface area contributed by atoms with E-state index in [-0.39, 0.29) is 6.10 Å². The molecule has 2 aromatic carbocycles. The Hall–Kier alpha value is -2.95. The van der Waals surface area contributed by atoms with E-state index in [9.17, 15) is 0 Å². The summed E-state index contributed by atoms with van der Waals surface area (Å²) in [5.41, 5.74) is 1.90. The van der Waals surface area contributed by atoms with Gasteiger partial charge in [0.05, 0.1) is 18.2 Å². The number of rotatable bonds is 4. The van der Waals surface area contributed by atoms with Crippen LogP contribution in [0.1, 0.15) is 0 Å². The molecule has 116 valence electrons. The monoisotopic (exact) mass is 308 g/mol. The molecular weight excluding hydrogens is 292 g/mol. The minimum atomic E-state index is -0.139. The van der Waals surface area contributed by atoms with E-state index in [1.165, 1.54) is 0 Å². The Bertz CT molecular complexity index is 786. The zero-order valence-electron chi connectivity index (χ0n) is 12.4. The molecular formula is C18H16N2O3. The Labute approximate surface area is 133 Å². The number of benzene rings is 2. The highest BCUT2D eigenvalue weighted by Gasteiger charge is 2.21. The highest BCUT2D eigenvalue weighted by atomic mass is 16.6. The van der Waals surface area contributed by atoms with Crippen LogP contribution in [-0.2, 0) is 0 Å². The van der Waals surface area contributed by atoms with Gasteiger partial charge in [-0.25, -0.2) is 4.98 Å². The Morgan fingerprint density at radius 1 is 1.09 bits per heavy atom. The molecule has 0 saturated carbocycles. The van der Waals surface area contributed by atoms with Gasteiger partial charge in [-0.1, -0.05) is 24.3 Å². The molecule has 5 heteroatoms. The normalized spacial score (nSPS) is 16.1. The van der Waals surface area contributed by atoms with Gasteiger partial charge in [-0.3, -0.25) is 0 Å². The van der Waals surface area contributed by atoms with E-state index in [0.717, 1.165) is 28.5 Å². The first-order chi connectivity index (χ1) is 11.4. The van der Waals surface area contributed by atoms with Crippen molar-refractivity contribution >= 4 is 0 Å². The van der Waals surface area contributed by atoms with Gasteiger partial charge in [-0.05, 0) is 24.3 Å². The minimum absolute atomic E-state index is 0.139. The molecule has 0 saturated heterocycles. The van der Waals surface area contributed by atoms with E-state index in [1.807, 2.05) is 48.5 Å². The number of H-pyrrole nitrogens is 1. The molecule has 3 aromatic rings. The molecule has 1 atom stereocenters. The molecule has 1 aliphatic heterocycles. The number of fused-ring (bicyclic) bond motifs is 1. The second kappa shape index (κ2) is 6.04. The molecule has 2 heterocycles. The van der Waals surface area contributed by atoms with Crippen LogP contribution in [-0.4, -0.2) is 29.3 Å². The van der Waals surface area contributed by atoms with E-state index in [4.69, 9.17) is 14.2 Å². The van der Waals surface area contributed by atoms with Gasteiger partial charge in [-0.15, -0.1) is 0 Å². The van der Waals surface area contributed by atoms with Gasteiger partial charge in [0.15, 0.2) is 17.6 Å². The lowest BCUT2D eigenvalue weighted by molar-refractivity contribution is 0.0537. The fourth-order valence-corrected chi connectivity index (χ4v) is 2.55. The molecule has 0 aliphatic carbocycles. The summed E-state index contributed by atoms with van der Waals surface area (Å²) in [7, 11) is 0. The van der Waals surface area contributed by atoms with Crippen LogP contribution in [0, 0.1) is 0 Å². The first-order valence-electron chi connectivity index (χ1n) is 7.49. The molecule has 1 aliphatic rings. The van der Waals surface area contributed by atoms with Gasteiger partial charge >= 0.3 is 0 Å². The zero-order chi connectivity index (χ0) is 15.5. The van der Waals surface area contributed by atoms with Crippen LogP contribution < -0.4 is 14.2 Å². The Morgan fingerprint density at radius 3 is 2.78 bits per heavy atom. The maximum atomic E-state index is 5.96. The fourth-order valence-electron chi connectivity index (χ4n) is 2.55. The summed E-state index contributed by atoms with van der Waals surface area (Å²) in [5.74, 6) is 2.33. The SMILES string of the molecule is c1ccc2c(c1)OCC(COc1ccccc1-c1cnc[nH]1)O2. The lowest BCUT2D eigenvalue weighted by Gasteiger charge is -2.26. The first kappa shape index (κ1) is 13.7. The van der Waals surface area contributed by atoms with Gasteiger partial charge in [0.2, 0.25) is 0 Å². The molecule has 23 heavy (non-hydrogen) atoms. The molecule has 4 rings (SSSR count). The summed E-state index contributed by atoms with van der Waals surface area (Å²) in [6.45, 7) is 0.892. The van der Waals surface area contributed by atoms with Crippen molar-refractivity contribution in [3.05, 3.63) is 61.1 Å². The van der Waals surface area contributed by atoms with Gasteiger partial charge in [-0.2, -0.15) is 0 Å². The van der Waals surface area contributed by atoms with Crippen molar-refractivity contribution in [1.29, 1.82) is 0 Å². The third-order valence-corrected chi connectivity index (χ3v) is 3.67. The molecule has 0 bridgehead atoms. The van der Waals surface area contributed by atoms with Crippen LogP contribution in [0.25, 0.3) is 11.3 Å². The summed E-state index contributed by atoms with van der Waals surface area (Å²) < 4.78 is 17.6. The molecule has 1 aromatic heterocycles. The Morgan fingerprint density at radius 2 is 1.91 bits per heavy atom. The van der Waals surface area contributed by atoms with Crippen molar-refractivity contribution in [3.8, 4) is 28.5 Å². The predicted octanol–water partition coefficient (Wildman–Crippen LogP) is 3.30. The van der Waals surface area contributed by atoms with Crippen LogP contribution in [0.4, 0.5) is 0 Å². The average Bonchev–Trinajstić information content (AvgIpc) is 3.14. The first-order valence-corrected chi connectivity index (χ1v) is 7.49. The molecule has 0 radical (unpaired) electrons. The van der Waals surface area contributed by atoms with Crippen LogP contribution >= 0.6 is 0 Å². The van der Waals surface area contributed by atoms with Crippen molar-refractivity contribution in [1.82, 2.24) is 9.97 Å². The van der Waals surface area contributed by atoms with Gasteiger partial charge in [0, 0.05) is 5.56 Å². The number of hydrogen-bond donors (Lipinski definition) is 1. The quantitative estimate of drug-likeness (QED) is 0.803. The van der Waals surface area contributed by atoms with E-state index >= 15 is 0 Å². The van der Waals surface area contributed by atoms with E-state index < -0.39 is 0 Å². The standard InChI is InChI=1S/C18H16N2O3/c1-2-6-16(14(5-1)15-9-19-12-20-15)21-10-13-11-22-17-7-3-4-8-18(17)23-13/h1-9,12-13H,10-11H2,(H,19,20). The summed E-state index contributed by atoms with van der Waals surface area (Å²) in [6, 6.07) is 15.5. The maximum Gasteiger partial charge on any atom is 0.166 e. The molecule has 1 unspecified atom stereocenters. The highest BCUT2D eigenvalue weighted by molar-refractivity contribution is 5.66. The zero-order valence-corrected chi connectivity index (χ0v) is 12.4. The summed E-state index contributed by atoms with van der Waals surface area (Å²) in [5, 5.41) is 0. The van der Waals surface area contributed by atoms with Crippen molar-refractivity contribution in [2.45, 2.75) is 6.10 Å². The molecule has 0 amide bonds. The predicted molar refractivity (Wildman–Crippen MR) is 85.9 cm³/mol. The van der Waals surface area contributed by atoms with Crippen molar-refractivity contribution in [3.63, 3.8) is 0 Å². The second-order valence-corrected chi connectivity index (χ2v) is 5.27. The number of ether oxygens (including phenoxy) is 3. The summed E-state index contributed by atoms with van der Waals surface area (Å²) in [6.07, 6.45) is 3.29. The van der Waals surface area contributed by atoms with Crippen LogP contribution in [0.5, 0.6) is 17.2 Å². The largest absolute Gasteiger partial charge is 0.489 e. The number of nitrogens with one attached hydrogen (secondary N) is 1. The number of imidazole rings is 1. The molecule has 0 fully saturated rings. The highest BCUT2D eigenvalue weighted by Crippen LogP contribution is 2.32. The van der Waals surface area contributed by atoms with Crippen molar-refractivity contribution in [2.75, 3.05) is 13.2 Å². The van der Waals surface area contributed by atoms with E-state index in [2.05, 4.69) is 9.97 Å². The summed E-state index contributed by atoms with van der Waals surface area (Å²) >= 11 is 0. The number of aromatic amines is 1. The lowest BCUT2D eigenvalue weighted by Crippen LogP contribution is -2.34. The Balaban J connectivity index is 1.47. The Kier molecular flexibility index (Phi) is 3.60. The van der Waals surface area contributed by atoms with Crippen LogP contribution in [0.2, 0.25) is 0 Å². The number of nitrogens with zero attached hydrogens (tertiary/aromatic N) is 1. The van der Waals surface area contributed by atoms with Crippen molar-refractivity contribution < 1.29 is 14.2 Å². The van der Waals surface area contributed by atoms with E-state index in [0.29, 0.717) is 13.2 Å². The number of para-hydroxylation sites is 3. The lowest BCUT2D eigenvalue weighted by atomic mass is 10.1. The molecule has 1 N–H and O–H groups in total. The maximum absolute atomic E-state index is 5.96. The summed E-state index contributed by atoms with van der Waals surface area (Å²) in [4.78, 5) is 7.16. The smallest absolute Gasteiger partial charge is 0.166 e. The number of aromatic nitrogens is 2. The molecule has 5 nitrogen and oxygen atoms in total. The third-order valence-electron chi connectivity index (χ3n) is 3.67. The second-order valence-electron chi connectivity index (χ2n) is 5.27. The minimum Gasteiger partial charge on any atom is -0.489 e. The van der Waals surface area contributed by atoms with Crippen LogP contribution in [0.15, 0.2) is 61.1 Å². The van der Waals surface area contributed by atoms with Gasteiger partial charge < -0.3 is 19.2 Å². The average molecular weight is 308 g/mol. The molecule has 0 spiro atoms. The van der Waals surface area contributed by atoms with Gasteiger partial charge in [0.25, 0.3) is 0 Å². The number of hydrogen-bond acceptors (Lipinski definition) is 4. The van der Waals surface area contributed by atoms with Gasteiger partial charge in [0.1, 0.15) is 19.0 Å². The fraction of sp³-hybridized carbons (Fsp3) is 0.167. The van der Waals surface area contributed by atoms with Crippen molar-refractivity contribution in [2.24, 2.45) is 0 Å². The van der Waals surface area contributed by atoms with Crippen LogP contribution in [0.3, 0.4) is 0 Å².